The van der Waals surface area contributed by atoms with Gasteiger partial charge in [-0.2, -0.15) is 0 Å². The third kappa shape index (κ3) is 8.03. The van der Waals surface area contributed by atoms with Crippen LogP contribution in [-0.4, -0.2) is 89.7 Å². The van der Waals surface area contributed by atoms with E-state index >= 15 is 0 Å². The molecule has 2 aliphatic rings. The van der Waals surface area contributed by atoms with Gasteiger partial charge in [-0.25, -0.2) is 22.7 Å². The number of aliphatic hydroxyl groups is 1. The molecule has 1 saturated heterocycles. The topological polar surface area (TPSA) is 150 Å². The van der Waals surface area contributed by atoms with Crippen molar-refractivity contribution in [2.45, 2.75) is 44.6 Å². The summed E-state index contributed by atoms with van der Waals surface area (Å²) in [7, 11) is -3.18. The SMILES string of the molecule is CS(=O)(=O)N1CCC(Nc2cc(C(=O)NC[C@H](O)CN3CCc4cc(OCc5cnco5)ccc4C3)ccn2)CC1. The lowest BCUT2D eigenvalue weighted by Crippen LogP contribution is -2.42. The van der Waals surface area contributed by atoms with Gasteiger partial charge in [-0.15, -0.1) is 0 Å². The Morgan fingerprint density at radius 3 is 2.78 bits per heavy atom. The number of piperidine rings is 1. The molecule has 3 N–H and O–H groups in total. The Labute approximate surface area is 239 Å². The third-order valence-electron chi connectivity index (χ3n) is 7.40. The van der Waals surface area contributed by atoms with E-state index < -0.39 is 16.1 Å². The normalized spacial score (nSPS) is 17.5. The average Bonchev–Trinajstić information content (AvgIpc) is 3.49. The lowest BCUT2D eigenvalue weighted by Gasteiger charge is -2.31. The number of hydrogen-bond donors (Lipinski definition) is 3. The summed E-state index contributed by atoms with van der Waals surface area (Å²) >= 11 is 0. The van der Waals surface area contributed by atoms with Crippen LogP contribution in [0.2, 0.25) is 0 Å². The molecule has 0 aliphatic carbocycles. The number of nitrogens with one attached hydrogen (secondary N) is 2. The second-order valence-electron chi connectivity index (χ2n) is 10.5. The van der Waals surface area contributed by atoms with E-state index in [1.165, 1.54) is 28.1 Å². The van der Waals surface area contributed by atoms with Crippen LogP contribution in [0.5, 0.6) is 5.75 Å². The number of carbonyl (C=O) groups is 1. The van der Waals surface area contributed by atoms with Crippen molar-refractivity contribution in [1.29, 1.82) is 0 Å². The number of pyridine rings is 1. The van der Waals surface area contributed by atoms with Gasteiger partial charge in [0.25, 0.3) is 5.91 Å². The number of carbonyl (C=O) groups excluding carboxylic acids is 1. The van der Waals surface area contributed by atoms with Crippen LogP contribution in [0.15, 0.2) is 53.5 Å². The van der Waals surface area contributed by atoms with E-state index in [0.717, 1.165) is 18.7 Å². The van der Waals surface area contributed by atoms with Crippen LogP contribution in [0, 0.1) is 0 Å². The number of β-amino-alcohol motifs (C(OH)–C–C–N with tert-alkyl or cyclic N) is 1. The summed E-state index contributed by atoms with van der Waals surface area (Å²) in [6.07, 6.45) is 7.25. The van der Waals surface area contributed by atoms with Gasteiger partial charge < -0.3 is 24.9 Å². The summed E-state index contributed by atoms with van der Waals surface area (Å²) in [4.78, 5) is 23.2. The first kappa shape index (κ1) is 29.0. The number of ether oxygens (including phenoxy) is 1. The van der Waals surface area contributed by atoms with Crippen LogP contribution in [0.1, 0.15) is 40.1 Å². The lowest BCUT2D eigenvalue weighted by molar-refractivity contribution is 0.0841. The minimum Gasteiger partial charge on any atom is -0.486 e. The number of anilines is 1. The molecule has 5 rings (SSSR count). The first-order valence-electron chi connectivity index (χ1n) is 13.7. The van der Waals surface area contributed by atoms with E-state index in [1.54, 1.807) is 24.5 Å². The van der Waals surface area contributed by atoms with Gasteiger partial charge in [-0.3, -0.25) is 9.69 Å². The highest BCUT2D eigenvalue weighted by molar-refractivity contribution is 7.88. The molecular formula is C28H36N6O6S. The fourth-order valence-electron chi connectivity index (χ4n) is 5.17. The number of hydrogen-bond acceptors (Lipinski definition) is 10. The van der Waals surface area contributed by atoms with Crippen molar-refractivity contribution in [2.24, 2.45) is 0 Å². The highest BCUT2D eigenvalue weighted by Crippen LogP contribution is 2.25. The second kappa shape index (κ2) is 13.0. The zero-order valence-corrected chi connectivity index (χ0v) is 23.8. The molecule has 13 heteroatoms. The van der Waals surface area contributed by atoms with Crippen LogP contribution in [0.3, 0.4) is 0 Å². The van der Waals surface area contributed by atoms with Crippen LogP contribution in [0.4, 0.5) is 5.82 Å². The fourth-order valence-corrected chi connectivity index (χ4v) is 6.04. The number of aromatic nitrogens is 2. The molecule has 0 bridgehead atoms. The van der Waals surface area contributed by atoms with Gasteiger partial charge in [0.2, 0.25) is 10.0 Å². The summed E-state index contributed by atoms with van der Waals surface area (Å²) < 4.78 is 35.9. The predicted molar refractivity (Wildman–Crippen MR) is 152 cm³/mol. The van der Waals surface area contributed by atoms with Gasteiger partial charge in [-0.1, -0.05) is 6.07 Å². The number of aliphatic hydroxyl groups excluding tert-OH is 1. The Balaban J connectivity index is 1.05. The summed E-state index contributed by atoms with van der Waals surface area (Å²) in [6, 6.07) is 9.42. The molecule has 3 aromatic rings. The van der Waals surface area contributed by atoms with Crippen molar-refractivity contribution in [1.82, 2.24) is 24.5 Å². The molecule has 0 saturated carbocycles. The number of amides is 1. The Kier molecular flexibility index (Phi) is 9.18. The van der Waals surface area contributed by atoms with Crippen molar-refractivity contribution in [3.8, 4) is 5.75 Å². The first-order chi connectivity index (χ1) is 19.7. The number of fused-ring (bicyclic) bond motifs is 1. The summed E-state index contributed by atoms with van der Waals surface area (Å²) in [6.45, 7) is 3.32. The van der Waals surface area contributed by atoms with Gasteiger partial charge in [0.1, 0.15) is 18.2 Å². The van der Waals surface area contributed by atoms with Gasteiger partial charge in [0, 0.05) is 57.1 Å². The lowest BCUT2D eigenvalue weighted by atomic mass is 9.99. The third-order valence-corrected chi connectivity index (χ3v) is 8.70. The van der Waals surface area contributed by atoms with Crippen molar-refractivity contribution in [3.63, 3.8) is 0 Å². The zero-order chi connectivity index (χ0) is 28.8. The van der Waals surface area contributed by atoms with E-state index in [1.807, 2.05) is 6.07 Å². The second-order valence-corrected chi connectivity index (χ2v) is 12.5. The molecule has 1 aromatic carbocycles. The van der Waals surface area contributed by atoms with Gasteiger partial charge in [0.05, 0.1) is 18.6 Å². The molecule has 1 fully saturated rings. The summed E-state index contributed by atoms with van der Waals surface area (Å²) in [5.74, 6) is 1.72. The molecule has 2 aliphatic heterocycles. The fraction of sp³-hybridized carbons (Fsp3) is 0.464. The molecule has 4 heterocycles. The molecule has 12 nitrogen and oxygen atoms in total. The highest BCUT2D eigenvalue weighted by Gasteiger charge is 2.25. The zero-order valence-electron chi connectivity index (χ0n) is 23.0. The standard InChI is InChI=1S/C28H36N6O6S/c1-41(37,38)34-10-6-23(7-11-34)32-27-13-21(4-8-30-27)28(36)31-14-24(35)17-33-9-5-20-12-25(3-2-22(20)16-33)39-18-26-15-29-19-40-26/h2-4,8,12-13,15,19,23-24,35H,5-7,9-11,14,16-18H2,1H3,(H,30,32)(H,31,36)/t24-/m0/s1. The van der Waals surface area contributed by atoms with Gasteiger partial charge >= 0.3 is 0 Å². The smallest absolute Gasteiger partial charge is 0.251 e. The Hall–Kier alpha value is -3.52. The maximum absolute atomic E-state index is 12.8. The molecule has 2 aromatic heterocycles. The van der Waals surface area contributed by atoms with E-state index in [4.69, 9.17) is 9.15 Å². The number of nitrogens with zero attached hydrogens (tertiary/aromatic N) is 4. The number of benzene rings is 1. The molecule has 1 amide bonds. The van der Waals surface area contributed by atoms with Crippen molar-refractivity contribution < 1.29 is 27.5 Å². The molecule has 220 valence electrons. The van der Waals surface area contributed by atoms with Crippen LogP contribution < -0.4 is 15.4 Å². The van der Waals surface area contributed by atoms with Crippen LogP contribution in [0.25, 0.3) is 0 Å². The largest absolute Gasteiger partial charge is 0.486 e. The monoisotopic (exact) mass is 584 g/mol. The van der Waals surface area contributed by atoms with Crippen LogP contribution in [-0.2, 0) is 29.6 Å². The van der Waals surface area contributed by atoms with Crippen molar-refractivity contribution >= 4 is 21.7 Å². The first-order valence-corrected chi connectivity index (χ1v) is 15.6. The minimum absolute atomic E-state index is 0.0775. The quantitative estimate of drug-likeness (QED) is 0.304. The van der Waals surface area contributed by atoms with Crippen molar-refractivity contribution in [2.75, 3.05) is 44.3 Å². The average molecular weight is 585 g/mol. The van der Waals surface area contributed by atoms with Crippen LogP contribution >= 0.6 is 0 Å². The minimum atomic E-state index is -3.18. The van der Waals surface area contributed by atoms with E-state index in [-0.39, 0.29) is 18.5 Å². The highest BCUT2D eigenvalue weighted by atomic mass is 32.2. The van der Waals surface area contributed by atoms with E-state index in [0.29, 0.717) is 62.8 Å². The van der Waals surface area contributed by atoms with E-state index in [2.05, 4.69) is 37.6 Å². The number of rotatable bonds is 11. The molecule has 0 unspecified atom stereocenters. The summed E-state index contributed by atoms with van der Waals surface area (Å²) in [5.41, 5.74) is 2.86. The van der Waals surface area contributed by atoms with E-state index in [9.17, 15) is 18.3 Å². The molecule has 1 atom stereocenters. The maximum atomic E-state index is 12.8. The maximum Gasteiger partial charge on any atom is 0.251 e. The Morgan fingerprint density at radius 2 is 2.02 bits per heavy atom. The van der Waals surface area contributed by atoms with Gasteiger partial charge in [-0.05, 0) is 54.7 Å². The predicted octanol–water partition coefficient (Wildman–Crippen LogP) is 1.63. The number of sulfonamides is 1. The Morgan fingerprint density at radius 1 is 1.20 bits per heavy atom. The summed E-state index contributed by atoms with van der Waals surface area (Å²) in [5, 5.41) is 16.8. The number of oxazole rings is 1. The molecule has 0 spiro atoms. The molecule has 0 radical (unpaired) electrons. The van der Waals surface area contributed by atoms with Gasteiger partial charge in [0.15, 0.2) is 12.2 Å². The Bertz CT molecular complexity index is 1430. The molecule has 41 heavy (non-hydrogen) atoms. The van der Waals surface area contributed by atoms with Crippen molar-refractivity contribution in [3.05, 3.63) is 71.6 Å². The molecular weight excluding hydrogens is 548 g/mol.